The number of likely N-dealkylation sites (N-methyl/N-ethyl adjacent to an activating group) is 1. The lowest BCUT2D eigenvalue weighted by molar-refractivity contribution is -0.118. The van der Waals surface area contributed by atoms with Crippen LogP contribution in [-0.2, 0) is 16.1 Å². The van der Waals surface area contributed by atoms with E-state index in [1.807, 2.05) is 0 Å². The zero-order valence-corrected chi connectivity index (χ0v) is 10.5. The van der Waals surface area contributed by atoms with Crippen molar-refractivity contribution < 1.29 is 14.3 Å². The van der Waals surface area contributed by atoms with Gasteiger partial charge in [0, 0.05) is 12.2 Å². The average molecular weight is 251 g/mol. The molecule has 0 aromatic heterocycles. The summed E-state index contributed by atoms with van der Waals surface area (Å²) in [6, 6.07) is 5.14. The Morgan fingerprint density at radius 1 is 1.39 bits per heavy atom. The fourth-order valence-corrected chi connectivity index (χ4v) is 1.72. The molecular formula is C12H17N3O3. The van der Waals surface area contributed by atoms with E-state index in [1.165, 1.54) is 7.11 Å². The van der Waals surface area contributed by atoms with Crippen LogP contribution in [0.25, 0.3) is 0 Å². The molecule has 0 atom stereocenters. The minimum atomic E-state index is -0.490. The van der Waals surface area contributed by atoms with E-state index >= 15 is 0 Å². The van der Waals surface area contributed by atoms with Crippen LogP contribution >= 0.6 is 0 Å². The van der Waals surface area contributed by atoms with Gasteiger partial charge in [0.05, 0.1) is 19.2 Å². The van der Waals surface area contributed by atoms with E-state index in [-0.39, 0.29) is 6.54 Å². The molecule has 0 aliphatic rings. The van der Waals surface area contributed by atoms with Crippen LogP contribution in [0.3, 0.4) is 0 Å². The molecule has 0 aliphatic carbocycles. The summed E-state index contributed by atoms with van der Waals surface area (Å²) in [6.07, 6.45) is 0. The molecule has 1 amide bonds. The fraction of sp³-hybridized carbons (Fsp3) is 0.333. The van der Waals surface area contributed by atoms with Gasteiger partial charge in [-0.2, -0.15) is 0 Å². The van der Waals surface area contributed by atoms with Crippen molar-refractivity contribution in [2.45, 2.75) is 6.54 Å². The second kappa shape index (κ2) is 6.02. The molecule has 1 aromatic rings. The van der Waals surface area contributed by atoms with Gasteiger partial charge >= 0.3 is 5.97 Å². The van der Waals surface area contributed by atoms with E-state index in [4.69, 9.17) is 16.2 Å². The molecule has 0 saturated heterocycles. The van der Waals surface area contributed by atoms with Gasteiger partial charge < -0.3 is 16.2 Å². The predicted octanol–water partition coefficient (Wildman–Crippen LogP) is -0.0275. The Hall–Kier alpha value is -2.08. The summed E-state index contributed by atoms with van der Waals surface area (Å²) < 4.78 is 4.69. The van der Waals surface area contributed by atoms with Crippen molar-refractivity contribution in [2.75, 3.05) is 26.4 Å². The van der Waals surface area contributed by atoms with Crippen LogP contribution in [-0.4, -0.2) is 37.5 Å². The normalized spacial score (nSPS) is 10.4. The largest absolute Gasteiger partial charge is 0.465 e. The highest BCUT2D eigenvalue weighted by Crippen LogP contribution is 2.19. The van der Waals surface area contributed by atoms with E-state index in [0.717, 1.165) is 0 Å². The van der Waals surface area contributed by atoms with Gasteiger partial charge in [-0.05, 0) is 18.7 Å². The number of hydrogen-bond donors (Lipinski definition) is 2. The van der Waals surface area contributed by atoms with Crippen molar-refractivity contribution >= 4 is 17.6 Å². The van der Waals surface area contributed by atoms with Gasteiger partial charge in [-0.1, -0.05) is 12.1 Å². The standard InChI is InChI=1S/C12H17N3O3/c1-15(7-10(14)16)6-8-4-3-5-9(13)11(8)12(17)18-2/h3-5H,6-7,13H2,1-2H3,(H2,14,16). The van der Waals surface area contributed by atoms with E-state index in [2.05, 4.69) is 0 Å². The Morgan fingerprint density at radius 3 is 2.61 bits per heavy atom. The minimum absolute atomic E-state index is 0.107. The molecule has 6 heteroatoms. The summed E-state index contributed by atoms with van der Waals surface area (Å²) in [5, 5.41) is 0. The number of benzene rings is 1. The van der Waals surface area contributed by atoms with Gasteiger partial charge in [-0.25, -0.2) is 4.79 Å². The first-order valence-electron chi connectivity index (χ1n) is 5.38. The summed E-state index contributed by atoms with van der Waals surface area (Å²) in [7, 11) is 3.03. The lowest BCUT2D eigenvalue weighted by Crippen LogP contribution is -2.30. The predicted molar refractivity (Wildman–Crippen MR) is 67.7 cm³/mol. The molecule has 98 valence electrons. The van der Waals surface area contributed by atoms with Gasteiger partial charge in [-0.15, -0.1) is 0 Å². The third kappa shape index (κ3) is 3.46. The Balaban J connectivity index is 2.98. The molecule has 6 nitrogen and oxygen atoms in total. The maximum Gasteiger partial charge on any atom is 0.340 e. The van der Waals surface area contributed by atoms with Gasteiger partial charge in [-0.3, -0.25) is 9.69 Å². The zero-order valence-electron chi connectivity index (χ0n) is 10.5. The number of rotatable bonds is 5. The second-order valence-electron chi connectivity index (χ2n) is 4.01. The number of carbonyl (C=O) groups is 2. The maximum atomic E-state index is 11.6. The Kier molecular flexibility index (Phi) is 4.67. The lowest BCUT2D eigenvalue weighted by atomic mass is 10.1. The summed E-state index contributed by atoms with van der Waals surface area (Å²) in [5.41, 5.74) is 12.3. The van der Waals surface area contributed by atoms with Crippen molar-refractivity contribution in [2.24, 2.45) is 5.73 Å². The number of nitrogens with two attached hydrogens (primary N) is 2. The molecule has 0 aliphatic heterocycles. The number of amides is 1. The van der Waals surface area contributed by atoms with Crippen molar-refractivity contribution in [3.8, 4) is 0 Å². The molecule has 0 spiro atoms. The highest BCUT2D eigenvalue weighted by Gasteiger charge is 2.16. The first-order chi connectivity index (χ1) is 8.45. The second-order valence-corrected chi connectivity index (χ2v) is 4.01. The van der Waals surface area contributed by atoms with E-state index in [0.29, 0.717) is 23.4 Å². The zero-order chi connectivity index (χ0) is 13.7. The number of nitrogens with zero attached hydrogens (tertiary/aromatic N) is 1. The van der Waals surface area contributed by atoms with Gasteiger partial charge in [0.25, 0.3) is 0 Å². The van der Waals surface area contributed by atoms with Crippen LogP contribution in [0.1, 0.15) is 15.9 Å². The van der Waals surface area contributed by atoms with Crippen molar-refractivity contribution in [3.63, 3.8) is 0 Å². The van der Waals surface area contributed by atoms with Crippen LogP contribution in [0.4, 0.5) is 5.69 Å². The average Bonchev–Trinajstić information content (AvgIpc) is 2.27. The first-order valence-corrected chi connectivity index (χ1v) is 5.38. The molecule has 1 aromatic carbocycles. The van der Waals surface area contributed by atoms with Crippen LogP contribution in [0.2, 0.25) is 0 Å². The molecule has 0 unspecified atom stereocenters. The number of anilines is 1. The lowest BCUT2D eigenvalue weighted by Gasteiger charge is -2.17. The van der Waals surface area contributed by atoms with Crippen LogP contribution in [0.5, 0.6) is 0 Å². The number of hydrogen-bond acceptors (Lipinski definition) is 5. The monoisotopic (exact) mass is 251 g/mol. The molecule has 0 bridgehead atoms. The molecule has 0 radical (unpaired) electrons. The third-order valence-corrected chi connectivity index (χ3v) is 2.44. The third-order valence-electron chi connectivity index (χ3n) is 2.44. The van der Waals surface area contributed by atoms with Crippen molar-refractivity contribution in [3.05, 3.63) is 29.3 Å². The maximum absolute atomic E-state index is 11.6. The van der Waals surface area contributed by atoms with E-state index < -0.39 is 11.9 Å². The summed E-state index contributed by atoms with van der Waals surface area (Å²) in [6.45, 7) is 0.494. The molecule has 18 heavy (non-hydrogen) atoms. The van der Waals surface area contributed by atoms with Gasteiger partial charge in [0.1, 0.15) is 0 Å². The first kappa shape index (κ1) is 14.0. The van der Waals surface area contributed by atoms with Crippen molar-refractivity contribution in [1.82, 2.24) is 4.90 Å². The summed E-state index contributed by atoms with van der Waals surface area (Å²) in [4.78, 5) is 24.2. The Labute approximate surface area is 105 Å². The van der Waals surface area contributed by atoms with Crippen LogP contribution < -0.4 is 11.5 Å². The number of primary amides is 1. The number of ether oxygens (including phenoxy) is 1. The molecule has 1 rings (SSSR count). The molecule has 0 heterocycles. The summed E-state index contributed by atoms with van der Waals surface area (Å²) in [5.74, 6) is -0.920. The Bertz CT molecular complexity index is 460. The fourth-order valence-electron chi connectivity index (χ4n) is 1.72. The molecule has 0 fully saturated rings. The van der Waals surface area contributed by atoms with Crippen molar-refractivity contribution in [1.29, 1.82) is 0 Å². The molecule has 0 saturated carbocycles. The molecular weight excluding hydrogens is 234 g/mol. The number of methoxy groups -OCH3 is 1. The van der Waals surface area contributed by atoms with E-state index in [9.17, 15) is 9.59 Å². The quantitative estimate of drug-likeness (QED) is 0.565. The topological polar surface area (TPSA) is 98.7 Å². The van der Waals surface area contributed by atoms with E-state index in [1.54, 1.807) is 30.1 Å². The highest BCUT2D eigenvalue weighted by atomic mass is 16.5. The number of esters is 1. The Morgan fingerprint density at radius 2 is 2.06 bits per heavy atom. The SMILES string of the molecule is COC(=O)c1c(N)cccc1CN(C)CC(N)=O. The minimum Gasteiger partial charge on any atom is -0.465 e. The summed E-state index contributed by atoms with van der Waals surface area (Å²) >= 11 is 0. The van der Waals surface area contributed by atoms with Gasteiger partial charge in [0.2, 0.25) is 5.91 Å². The highest BCUT2D eigenvalue weighted by molar-refractivity contribution is 5.96. The number of carbonyl (C=O) groups excluding carboxylic acids is 2. The smallest absolute Gasteiger partial charge is 0.340 e. The van der Waals surface area contributed by atoms with Crippen LogP contribution in [0.15, 0.2) is 18.2 Å². The van der Waals surface area contributed by atoms with Crippen LogP contribution in [0, 0.1) is 0 Å². The number of nitrogen functional groups attached to an aromatic ring is 1. The van der Waals surface area contributed by atoms with Gasteiger partial charge in [0.15, 0.2) is 0 Å². The molecule has 4 N–H and O–H groups in total.